The molecule has 114 valence electrons. The zero-order valence-corrected chi connectivity index (χ0v) is 15.4. The number of hydrogen-bond acceptors (Lipinski definition) is 3. The van der Waals surface area contributed by atoms with E-state index in [2.05, 4.69) is 62.0 Å². The van der Waals surface area contributed by atoms with Crippen LogP contribution in [0, 0.1) is 0 Å². The second-order valence-electron chi connectivity index (χ2n) is 5.31. The van der Waals surface area contributed by atoms with Gasteiger partial charge in [0.25, 0.3) is 0 Å². The van der Waals surface area contributed by atoms with Gasteiger partial charge in [0, 0.05) is 11.0 Å². The van der Waals surface area contributed by atoms with E-state index in [0.29, 0.717) is 0 Å². The number of likely N-dealkylation sites (N-methyl/N-ethyl adjacent to an activating group) is 1. The Labute approximate surface area is 142 Å². The highest BCUT2D eigenvalue weighted by molar-refractivity contribution is 9.10. The van der Waals surface area contributed by atoms with E-state index in [0.717, 1.165) is 34.1 Å². The zero-order valence-electron chi connectivity index (χ0n) is 12.3. The van der Waals surface area contributed by atoms with Crippen molar-refractivity contribution >= 4 is 31.9 Å². The topological polar surface area (TPSA) is 47.1 Å². The van der Waals surface area contributed by atoms with Crippen LogP contribution in [0.3, 0.4) is 0 Å². The molecule has 1 unspecified atom stereocenters. The monoisotopic (exact) mass is 414 g/mol. The maximum absolute atomic E-state index is 6.42. The van der Waals surface area contributed by atoms with Crippen molar-refractivity contribution in [3.63, 3.8) is 0 Å². The van der Waals surface area contributed by atoms with Crippen molar-refractivity contribution in [2.24, 2.45) is 5.73 Å². The van der Waals surface area contributed by atoms with E-state index in [1.165, 1.54) is 5.56 Å². The van der Waals surface area contributed by atoms with Gasteiger partial charge in [0.05, 0.1) is 29.0 Å². The first kappa shape index (κ1) is 16.7. The molecule has 0 bridgehead atoms. The van der Waals surface area contributed by atoms with E-state index in [-0.39, 0.29) is 6.04 Å². The molecule has 1 atom stereocenters. The molecule has 0 saturated carbocycles. The Morgan fingerprint density at radius 3 is 2.62 bits per heavy atom. The Morgan fingerprint density at radius 1 is 1.24 bits per heavy atom. The minimum atomic E-state index is -0.0947. The van der Waals surface area contributed by atoms with Crippen LogP contribution in [0.25, 0.3) is 0 Å². The number of aromatic nitrogens is 2. The van der Waals surface area contributed by atoms with Gasteiger partial charge in [-0.2, -0.15) is 5.10 Å². The average molecular weight is 416 g/mol. The third-order valence-electron chi connectivity index (χ3n) is 3.34. The second kappa shape index (κ2) is 7.54. The van der Waals surface area contributed by atoms with Crippen LogP contribution in [-0.2, 0) is 13.0 Å². The first-order chi connectivity index (χ1) is 9.99. The van der Waals surface area contributed by atoms with Crippen LogP contribution >= 0.6 is 31.9 Å². The number of benzene rings is 1. The van der Waals surface area contributed by atoms with E-state index < -0.39 is 0 Å². The summed E-state index contributed by atoms with van der Waals surface area (Å²) in [6.07, 6.45) is 2.60. The molecule has 2 N–H and O–H groups in total. The molecule has 0 aliphatic rings. The molecule has 0 spiro atoms. The fraction of sp³-hybridized carbons (Fsp3) is 0.400. The molecule has 2 rings (SSSR count). The molecule has 1 heterocycles. The fourth-order valence-electron chi connectivity index (χ4n) is 2.21. The fourth-order valence-corrected chi connectivity index (χ4v) is 3.25. The van der Waals surface area contributed by atoms with Crippen molar-refractivity contribution in [2.75, 3.05) is 20.6 Å². The van der Waals surface area contributed by atoms with Gasteiger partial charge in [0.1, 0.15) is 0 Å². The standard InChI is InChI=1S/C15H20Br2N4/c1-20(2)7-8-21-15(13(17)10-19-21)14(18)9-11-5-3-4-6-12(11)16/h3-6,10,14H,7-9,18H2,1-2H3. The SMILES string of the molecule is CN(C)CCn1ncc(Br)c1C(N)Cc1ccccc1Br. The lowest BCUT2D eigenvalue weighted by molar-refractivity contribution is 0.366. The van der Waals surface area contributed by atoms with Crippen LogP contribution in [0.5, 0.6) is 0 Å². The second-order valence-corrected chi connectivity index (χ2v) is 7.01. The minimum Gasteiger partial charge on any atom is -0.322 e. The van der Waals surface area contributed by atoms with Crippen molar-refractivity contribution in [2.45, 2.75) is 19.0 Å². The van der Waals surface area contributed by atoms with Gasteiger partial charge in [-0.1, -0.05) is 34.1 Å². The number of hydrogen-bond donors (Lipinski definition) is 1. The van der Waals surface area contributed by atoms with Gasteiger partial charge < -0.3 is 10.6 Å². The summed E-state index contributed by atoms with van der Waals surface area (Å²) in [7, 11) is 4.11. The molecule has 0 aliphatic carbocycles. The molecule has 6 heteroatoms. The lowest BCUT2D eigenvalue weighted by Gasteiger charge is -2.17. The van der Waals surface area contributed by atoms with E-state index in [9.17, 15) is 0 Å². The van der Waals surface area contributed by atoms with Crippen molar-refractivity contribution in [1.29, 1.82) is 0 Å². The summed E-state index contributed by atoms with van der Waals surface area (Å²) >= 11 is 7.15. The Balaban J connectivity index is 2.17. The average Bonchev–Trinajstić information content (AvgIpc) is 2.80. The molecule has 21 heavy (non-hydrogen) atoms. The van der Waals surface area contributed by atoms with Crippen molar-refractivity contribution in [3.8, 4) is 0 Å². The maximum atomic E-state index is 6.42. The lowest BCUT2D eigenvalue weighted by atomic mass is 10.0. The Bertz CT molecular complexity index is 595. The third-order valence-corrected chi connectivity index (χ3v) is 4.73. The maximum Gasteiger partial charge on any atom is 0.0697 e. The van der Waals surface area contributed by atoms with Crippen LogP contribution in [0.15, 0.2) is 39.4 Å². The Hall–Kier alpha value is -0.690. The molecule has 0 radical (unpaired) electrons. The van der Waals surface area contributed by atoms with E-state index in [1.54, 1.807) is 0 Å². The van der Waals surface area contributed by atoms with Gasteiger partial charge in [0.2, 0.25) is 0 Å². The molecule has 0 fully saturated rings. The van der Waals surface area contributed by atoms with Crippen LogP contribution in [0.4, 0.5) is 0 Å². The van der Waals surface area contributed by atoms with Gasteiger partial charge in [-0.05, 0) is 48.1 Å². The predicted octanol–water partition coefficient (Wildman–Crippen LogP) is 3.21. The number of halogens is 2. The van der Waals surface area contributed by atoms with E-state index >= 15 is 0 Å². The van der Waals surface area contributed by atoms with Gasteiger partial charge in [-0.15, -0.1) is 0 Å². The van der Waals surface area contributed by atoms with Crippen molar-refractivity contribution in [3.05, 3.63) is 50.7 Å². The smallest absolute Gasteiger partial charge is 0.0697 e. The van der Waals surface area contributed by atoms with Gasteiger partial charge in [-0.3, -0.25) is 4.68 Å². The molecule has 1 aromatic heterocycles. The van der Waals surface area contributed by atoms with Gasteiger partial charge in [0.15, 0.2) is 0 Å². The molecule has 0 aliphatic heterocycles. The molecular formula is C15H20Br2N4. The number of nitrogens with zero attached hydrogens (tertiary/aromatic N) is 3. The van der Waals surface area contributed by atoms with Crippen LogP contribution in [-0.4, -0.2) is 35.3 Å². The molecule has 2 aromatic rings. The number of rotatable bonds is 6. The van der Waals surface area contributed by atoms with Crippen LogP contribution < -0.4 is 5.73 Å². The van der Waals surface area contributed by atoms with Crippen LogP contribution in [0.2, 0.25) is 0 Å². The molecule has 0 amide bonds. The molecule has 4 nitrogen and oxygen atoms in total. The lowest BCUT2D eigenvalue weighted by Crippen LogP contribution is -2.24. The van der Waals surface area contributed by atoms with Crippen LogP contribution in [0.1, 0.15) is 17.3 Å². The quantitative estimate of drug-likeness (QED) is 0.787. The highest BCUT2D eigenvalue weighted by Crippen LogP contribution is 2.27. The molecular weight excluding hydrogens is 396 g/mol. The van der Waals surface area contributed by atoms with Crippen molar-refractivity contribution < 1.29 is 0 Å². The summed E-state index contributed by atoms with van der Waals surface area (Å²) in [5.74, 6) is 0. The zero-order chi connectivity index (χ0) is 15.4. The summed E-state index contributed by atoms with van der Waals surface area (Å²) in [6.45, 7) is 1.76. The van der Waals surface area contributed by atoms with E-state index in [1.807, 2.05) is 29.1 Å². The predicted molar refractivity (Wildman–Crippen MR) is 93.3 cm³/mol. The Morgan fingerprint density at radius 2 is 1.95 bits per heavy atom. The van der Waals surface area contributed by atoms with Gasteiger partial charge in [-0.25, -0.2) is 0 Å². The largest absolute Gasteiger partial charge is 0.322 e. The summed E-state index contributed by atoms with van der Waals surface area (Å²) in [4.78, 5) is 2.14. The van der Waals surface area contributed by atoms with Crippen molar-refractivity contribution in [1.82, 2.24) is 14.7 Å². The molecule has 0 saturated heterocycles. The third kappa shape index (κ3) is 4.39. The van der Waals surface area contributed by atoms with E-state index in [4.69, 9.17) is 5.73 Å². The minimum absolute atomic E-state index is 0.0947. The highest BCUT2D eigenvalue weighted by Gasteiger charge is 2.18. The molecule has 1 aromatic carbocycles. The highest BCUT2D eigenvalue weighted by atomic mass is 79.9. The summed E-state index contributed by atoms with van der Waals surface area (Å²) in [6, 6.07) is 8.09. The summed E-state index contributed by atoms with van der Waals surface area (Å²) in [5.41, 5.74) is 8.68. The first-order valence-electron chi connectivity index (χ1n) is 6.84. The normalized spacial score (nSPS) is 12.9. The first-order valence-corrected chi connectivity index (χ1v) is 8.42. The Kier molecular flexibility index (Phi) is 5.98. The van der Waals surface area contributed by atoms with Gasteiger partial charge >= 0.3 is 0 Å². The summed E-state index contributed by atoms with van der Waals surface area (Å²) in [5, 5.41) is 4.42. The number of nitrogens with two attached hydrogens (primary N) is 1. The summed E-state index contributed by atoms with van der Waals surface area (Å²) < 4.78 is 4.06.